The predicted molar refractivity (Wildman–Crippen MR) is 103 cm³/mol. The molecule has 1 heterocycles. The van der Waals surface area contributed by atoms with E-state index in [9.17, 15) is 5.11 Å². The van der Waals surface area contributed by atoms with E-state index in [0.717, 1.165) is 27.7 Å². The number of fused-ring (bicyclic) bond motifs is 1. The Morgan fingerprint density at radius 1 is 1.19 bits per heavy atom. The molecule has 0 amide bonds. The smallest absolute Gasteiger partial charge is 0.208 e. The van der Waals surface area contributed by atoms with E-state index < -0.39 is 0 Å². The molecular weight excluding hydrogens is 330 g/mol. The summed E-state index contributed by atoms with van der Waals surface area (Å²) in [4.78, 5) is 8.61. The van der Waals surface area contributed by atoms with Crippen molar-refractivity contribution in [2.45, 2.75) is 6.92 Å². The summed E-state index contributed by atoms with van der Waals surface area (Å²) in [5, 5.41) is 27.8. The molecule has 0 aliphatic carbocycles. The maximum atomic E-state index is 9.66. The van der Waals surface area contributed by atoms with Crippen molar-refractivity contribution in [1.82, 2.24) is 20.7 Å². The van der Waals surface area contributed by atoms with E-state index in [1.54, 1.807) is 25.4 Å². The van der Waals surface area contributed by atoms with Crippen molar-refractivity contribution in [3.63, 3.8) is 0 Å². The molecule has 0 bridgehead atoms. The third kappa shape index (κ3) is 3.86. The zero-order chi connectivity index (χ0) is 18.5. The third-order valence-corrected chi connectivity index (χ3v) is 3.76. The van der Waals surface area contributed by atoms with Gasteiger partial charge in [0.15, 0.2) is 0 Å². The van der Waals surface area contributed by atoms with Gasteiger partial charge in [-0.15, -0.1) is 0 Å². The highest BCUT2D eigenvalue weighted by Gasteiger charge is 2.06. The Bertz CT molecular complexity index is 984. The number of aromatic nitrogens is 2. The molecule has 0 aliphatic heterocycles. The average molecular weight is 349 g/mol. The summed E-state index contributed by atoms with van der Waals surface area (Å²) in [7, 11) is 1.64. The van der Waals surface area contributed by atoms with Crippen LogP contribution in [0.3, 0.4) is 0 Å². The Morgan fingerprint density at radius 2 is 2.04 bits per heavy atom. The van der Waals surface area contributed by atoms with Crippen LogP contribution in [0, 0.1) is 12.3 Å². The van der Waals surface area contributed by atoms with Gasteiger partial charge in [0.25, 0.3) is 0 Å². The van der Waals surface area contributed by atoms with Gasteiger partial charge in [-0.25, -0.2) is 15.4 Å². The van der Waals surface area contributed by atoms with Gasteiger partial charge >= 0.3 is 0 Å². The van der Waals surface area contributed by atoms with E-state index in [0.29, 0.717) is 5.82 Å². The van der Waals surface area contributed by atoms with Crippen LogP contribution < -0.4 is 16.1 Å². The van der Waals surface area contributed by atoms with Crippen molar-refractivity contribution in [2.24, 2.45) is 5.10 Å². The van der Waals surface area contributed by atoms with Crippen molar-refractivity contribution >= 4 is 34.6 Å². The van der Waals surface area contributed by atoms with E-state index in [1.807, 2.05) is 31.2 Å². The number of phenols is 1. The molecule has 3 rings (SSSR count). The predicted octanol–water partition coefficient (Wildman–Crippen LogP) is 2.47. The Labute approximate surface area is 150 Å². The number of hydrazone groups is 1. The van der Waals surface area contributed by atoms with Crippen LogP contribution in [-0.2, 0) is 0 Å². The quantitative estimate of drug-likeness (QED) is 0.214. The van der Waals surface area contributed by atoms with Crippen LogP contribution in [0.5, 0.6) is 5.75 Å². The van der Waals surface area contributed by atoms with E-state index in [1.165, 1.54) is 6.33 Å². The molecule has 0 atom stereocenters. The van der Waals surface area contributed by atoms with Crippen LogP contribution in [0.2, 0.25) is 0 Å². The number of hydrogen-bond acceptors (Lipinski definition) is 6. The van der Waals surface area contributed by atoms with Crippen LogP contribution in [0.25, 0.3) is 10.9 Å². The topological polar surface area (TPSA) is 118 Å². The first kappa shape index (κ1) is 17.2. The van der Waals surface area contributed by atoms with Gasteiger partial charge in [0.2, 0.25) is 5.96 Å². The van der Waals surface area contributed by atoms with Gasteiger partial charge < -0.3 is 15.7 Å². The highest BCUT2D eigenvalue weighted by atomic mass is 16.3. The van der Waals surface area contributed by atoms with Crippen molar-refractivity contribution < 1.29 is 5.11 Å². The fraction of sp³-hybridized carbons (Fsp3) is 0.111. The molecule has 132 valence electrons. The first-order valence-electron chi connectivity index (χ1n) is 7.93. The maximum Gasteiger partial charge on any atom is 0.208 e. The highest BCUT2D eigenvalue weighted by molar-refractivity contribution is 5.95. The lowest BCUT2D eigenvalue weighted by atomic mass is 10.1. The minimum atomic E-state index is 0.107. The van der Waals surface area contributed by atoms with Crippen molar-refractivity contribution in [2.75, 3.05) is 12.4 Å². The van der Waals surface area contributed by atoms with E-state index in [-0.39, 0.29) is 11.7 Å². The number of benzene rings is 2. The SMILES string of the molecule is CNC(=N)N/N=C/c1ccc2ncnc(Nc3ccc(O)c(C)c3)c2c1. The average Bonchev–Trinajstić information content (AvgIpc) is 2.65. The molecular formula is C18H19N7O. The Kier molecular flexibility index (Phi) is 4.93. The first-order valence-corrected chi connectivity index (χ1v) is 7.93. The van der Waals surface area contributed by atoms with Crippen LogP contribution in [0.15, 0.2) is 47.8 Å². The number of nitrogens with zero attached hydrogens (tertiary/aromatic N) is 3. The molecule has 0 radical (unpaired) electrons. The summed E-state index contributed by atoms with van der Waals surface area (Å²) in [5.41, 5.74) is 5.80. The van der Waals surface area contributed by atoms with Crippen LogP contribution in [0.1, 0.15) is 11.1 Å². The summed E-state index contributed by atoms with van der Waals surface area (Å²) in [6.07, 6.45) is 3.12. The number of phenolic OH excluding ortho intramolecular Hbond substituents is 1. The molecule has 8 nitrogen and oxygen atoms in total. The monoisotopic (exact) mass is 349 g/mol. The zero-order valence-electron chi connectivity index (χ0n) is 14.4. The zero-order valence-corrected chi connectivity index (χ0v) is 14.4. The summed E-state index contributed by atoms with van der Waals surface area (Å²) in [6.45, 7) is 1.84. The fourth-order valence-corrected chi connectivity index (χ4v) is 2.35. The molecule has 0 unspecified atom stereocenters. The number of anilines is 2. The van der Waals surface area contributed by atoms with Gasteiger partial charge in [-0.3, -0.25) is 5.41 Å². The van der Waals surface area contributed by atoms with Crippen molar-refractivity contribution in [3.05, 3.63) is 53.9 Å². The molecule has 26 heavy (non-hydrogen) atoms. The van der Waals surface area contributed by atoms with E-state index in [2.05, 4.69) is 31.1 Å². The van der Waals surface area contributed by atoms with Gasteiger partial charge in [0.05, 0.1) is 11.7 Å². The minimum Gasteiger partial charge on any atom is -0.508 e. The van der Waals surface area contributed by atoms with Crippen LogP contribution >= 0.6 is 0 Å². The van der Waals surface area contributed by atoms with Crippen LogP contribution in [0.4, 0.5) is 11.5 Å². The van der Waals surface area contributed by atoms with Crippen LogP contribution in [-0.4, -0.2) is 34.3 Å². The molecule has 8 heteroatoms. The minimum absolute atomic E-state index is 0.107. The Hall–Kier alpha value is -3.68. The standard InChI is InChI=1S/C18H19N7O/c1-11-7-13(4-6-16(11)26)24-17-14-8-12(9-23-25-18(19)20-2)3-5-15(14)21-10-22-17/h3-10,26H,1-2H3,(H3,19,20,25)(H,21,22,24)/b23-9+. The molecule has 2 aromatic carbocycles. The lowest BCUT2D eigenvalue weighted by Gasteiger charge is -2.10. The molecule has 3 aromatic rings. The maximum absolute atomic E-state index is 9.66. The van der Waals surface area contributed by atoms with E-state index >= 15 is 0 Å². The fourth-order valence-electron chi connectivity index (χ4n) is 2.35. The summed E-state index contributed by atoms with van der Waals surface area (Å²) in [5.74, 6) is 1.02. The molecule has 0 saturated heterocycles. The number of aromatic hydroxyl groups is 1. The largest absolute Gasteiger partial charge is 0.508 e. The number of guanidine groups is 1. The Morgan fingerprint density at radius 3 is 2.81 bits per heavy atom. The lowest BCUT2D eigenvalue weighted by Crippen LogP contribution is -2.29. The lowest BCUT2D eigenvalue weighted by molar-refractivity contribution is 0.471. The second kappa shape index (κ2) is 7.47. The second-order valence-corrected chi connectivity index (χ2v) is 5.62. The molecule has 1 aromatic heterocycles. The van der Waals surface area contributed by atoms with Crippen molar-refractivity contribution in [3.8, 4) is 5.75 Å². The van der Waals surface area contributed by atoms with Gasteiger partial charge in [-0.2, -0.15) is 5.10 Å². The first-order chi connectivity index (χ1) is 12.6. The second-order valence-electron chi connectivity index (χ2n) is 5.62. The molecule has 0 fully saturated rings. The van der Waals surface area contributed by atoms with Crippen molar-refractivity contribution in [1.29, 1.82) is 5.41 Å². The number of hydrogen-bond donors (Lipinski definition) is 5. The molecule has 0 aliphatic rings. The normalized spacial score (nSPS) is 10.8. The van der Waals surface area contributed by atoms with Gasteiger partial charge in [0.1, 0.15) is 17.9 Å². The summed E-state index contributed by atoms with van der Waals surface area (Å²) in [6, 6.07) is 11.0. The third-order valence-electron chi connectivity index (χ3n) is 3.76. The summed E-state index contributed by atoms with van der Waals surface area (Å²) >= 11 is 0. The molecule has 0 spiro atoms. The van der Waals surface area contributed by atoms with Gasteiger partial charge in [-0.1, -0.05) is 6.07 Å². The highest BCUT2D eigenvalue weighted by Crippen LogP contribution is 2.26. The van der Waals surface area contributed by atoms with Gasteiger partial charge in [-0.05, 0) is 48.4 Å². The molecule has 0 saturated carbocycles. The number of rotatable bonds is 4. The van der Waals surface area contributed by atoms with Gasteiger partial charge in [0, 0.05) is 18.1 Å². The van der Waals surface area contributed by atoms with E-state index in [4.69, 9.17) is 5.41 Å². The molecule has 5 N–H and O–H groups in total. The Balaban J connectivity index is 1.91. The number of nitrogens with one attached hydrogen (secondary N) is 4. The summed E-state index contributed by atoms with van der Waals surface area (Å²) < 4.78 is 0. The number of aryl methyl sites for hydroxylation is 1.